The third-order valence-electron chi connectivity index (χ3n) is 1.69. The van der Waals surface area contributed by atoms with Crippen LogP contribution < -0.4 is 0 Å². The van der Waals surface area contributed by atoms with E-state index in [0.29, 0.717) is 0 Å². The topological polar surface area (TPSA) is 29.5 Å². The van der Waals surface area contributed by atoms with Gasteiger partial charge in [0.25, 0.3) is 0 Å². The first-order valence-corrected chi connectivity index (χ1v) is 4.47. The Kier molecular flexibility index (Phi) is 6.57. The smallest absolute Gasteiger partial charge is 0.0781 e. The van der Waals surface area contributed by atoms with E-state index in [1.54, 1.807) is 0 Å². The van der Waals surface area contributed by atoms with Crippen LogP contribution in [0.25, 0.3) is 0 Å². The lowest BCUT2D eigenvalue weighted by Crippen LogP contribution is -2.20. The molecule has 2 heteroatoms. The van der Waals surface area contributed by atoms with Gasteiger partial charge in [0.2, 0.25) is 0 Å². The standard InChI is InChI=1S/C9H20O2/c1-4-5-6-8(2)11-9(3)7-10/h8-10H,4-7H2,1-3H3. The van der Waals surface area contributed by atoms with Crippen LogP contribution in [-0.4, -0.2) is 23.9 Å². The molecule has 0 radical (unpaired) electrons. The zero-order valence-corrected chi connectivity index (χ0v) is 7.84. The molecule has 2 unspecified atom stereocenters. The molecule has 0 aromatic rings. The Hall–Kier alpha value is -0.0800. The molecule has 0 bridgehead atoms. The highest BCUT2D eigenvalue weighted by Gasteiger charge is 2.05. The SMILES string of the molecule is CCCCC(C)OC(C)CO. The molecule has 0 amide bonds. The number of rotatable bonds is 6. The fraction of sp³-hybridized carbons (Fsp3) is 1.00. The summed E-state index contributed by atoms with van der Waals surface area (Å²) in [4.78, 5) is 0. The molecule has 0 heterocycles. The predicted molar refractivity (Wildman–Crippen MR) is 46.6 cm³/mol. The van der Waals surface area contributed by atoms with E-state index in [9.17, 15) is 0 Å². The van der Waals surface area contributed by atoms with Gasteiger partial charge in [0.1, 0.15) is 0 Å². The number of ether oxygens (including phenoxy) is 1. The Balaban J connectivity index is 3.27. The second-order valence-corrected chi connectivity index (χ2v) is 3.08. The molecular formula is C9H20O2. The van der Waals surface area contributed by atoms with Crippen molar-refractivity contribution in [1.82, 2.24) is 0 Å². The van der Waals surface area contributed by atoms with Crippen LogP contribution in [0.1, 0.15) is 40.0 Å². The molecule has 68 valence electrons. The monoisotopic (exact) mass is 160 g/mol. The molecule has 0 aromatic carbocycles. The van der Waals surface area contributed by atoms with E-state index >= 15 is 0 Å². The van der Waals surface area contributed by atoms with Gasteiger partial charge in [0, 0.05) is 0 Å². The van der Waals surface area contributed by atoms with Gasteiger partial charge < -0.3 is 9.84 Å². The third-order valence-corrected chi connectivity index (χ3v) is 1.69. The van der Waals surface area contributed by atoms with E-state index < -0.39 is 0 Å². The summed E-state index contributed by atoms with van der Waals surface area (Å²) in [6.07, 6.45) is 3.79. The Morgan fingerprint density at radius 3 is 2.36 bits per heavy atom. The summed E-state index contributed by atoms with van der Waals surface area (Å²) >= 11 is 0. The van der Waals surface area contributed by atoms with Crippen molar-refractivity contribution >= 4 is 0 Å². The van der Waals surface area contributed by atoms with Gasteiger partial charge in [-0.05, 0) is 20.3 Å². The van der Waals surface area contributed by atoms with E-state index in [2.05, 4.69) is 13.8 Å². The first kappa shape index (κ1) is 10.9. The number of hydrogen-bond acceptors (Lipinski definition) is 2. The second-order valence-electron chi connectivity index (χ2n) is 3.08. The van der Waals surface area contributed by atoms with E-state index in [1.807, 2.05) is 6.92 Å². The Labute approximate surface area is 69.6 Å². The number of unbranched alkanes of at least 4 members (excludes halogenated alkanes) is 1. The lowest BCUT2D eigenvalue weighted by atomic mass is 10.2. The normalized spacial score (nSPS) is 16.4. The molecule has 1 N–H and O–H groups in total. The van der Waals surface area contributed by atoms with Crippen LogP contribution in [0.3, 0.4) is 0 Å². The van der Waals surface area contributed by atoms with Gasteiger partial charge in [-0.15, -0.1) is 0 Å². The minimum Gasteiger partial charge on any atom is -0.394 e. The molecule has 0 aliphatic heterocycles. The second kappa shape index (κ2) is 6.62. The third kappa shape index (κ3) is 6.32. The van der Waals surface area contributed by atoms with Crippen LogP contribution in [0.4, 0.5) is 0 Å². The van der Waals surface area contributed by atoms with Crippen LogP contribution in [0.15, 0.2) is 0 Å². The van der Waals surface area contributed by atoms with E-state index in [0.717, 1.165) is 6.42 Å². The van der Waals surface area contributed by atoms with Gasteiger partial charge in [-0.25, -0.2) is 0 Å². The van der Waals surface area contributed by atoms with Crippen molar-refractivity contribution in [1.29, 1.82) is 0 Å². The Bertz CT molecular complexity index is 83.6. The van der Waals surface area contributed by atoms with Crippen LogP contribution in [0, 0.1) is 0 Å². The maximum Gasteiger partial charge on any atom is 0.0781 e. The zero-order valence-electron chi connectivity index (χ0n) is 7.84. The predicted octanol–water partition coefficient (Wildman–Crippen LogP) is 1.96. The summed E-state index contributed by atoms with van der Waals surface area (Å²) in [5.41, 5.74) is 0. The molecule has 2 atom stereocenters. The lowest BCUT2D eigenvalue weighted by molar-refractivity contribution is -0.0245. The van der Waals surface area contributed by atoms with Crippen LogP contribution in [-0.2, 0) is 4.74 Å². The van der Waals surface area contributed by atoms with E-state index in [1.165, 1.54) is 12.8 Å². The number of aliphatic hydroxyl groups is 1. The summed E-state index contributed by atoms with van der Waals surface area (Å²) in [6.45, 7) is 6.24. The molecule has 0 aliphatic rings. The van der Waals surface area contributed by atoms with Crippen molar-refractivity contribution in [3.63, 3.8) is 0 Å². The summed E-state index contributed by atoms with van der Waals surface area (Å²) in [7, 11) is 0. The van der Waals surface area contributed by atoms with Gasteiger partial charge in [-0.1, -0.05) is 19.8 Å². The first-order chi connectivity index (χ1) is 5.20. The molecule has 0 aromatic heterocycles. The molecule has 0 saturated carbocycles. The van der Waals surface area contributed by atoms with Crippen molar-refractivity contribution in [2.75, 3.05) is 6.61 Å². The summed E-state index contributed by atoms with van der Waals surface area (Å²) in [5.74, 6) is 0. The van der Waals surface area contributed by atoms with E-state index in [-0.39, 0.29) is 18.8 Å². The highest BCUT2D eigenvalue weighted by Crippen LogP contribution is 2.06. The number of aliphatic hydroxyl groups excluding tert-OH is 1. The number of hydrogen-bond donors (Lipinski definition) is 1. The molecule has 0 rings (SSSR count). The van der Waals surface area contributed by atoms with Crippen molar-refractivity contribution in [2.24, 2.45) is 0 Å². The summed E-state index contributed by atoms with van der Waals surface area (Å²) < 4.78 is 5.45. The minimum absolute atomic E-state index is 0.0122. The molecule has 2 nitrogen and oxygen atoms in total. The van der Waals surface area contributed by atoms with Crippen molar-refractivity contribution in [3.05, 3.63) is 0 Å². The Morgan fingerprint density at radius 2 is 1.91 bits per heavy atom. The fourth-order valence-electron chi connectivity index (χ4n) is 0.999. The minimum atomic E-state index is -0.0122. The first-order valence-electron chi connectivity index (χ1n) is 4.47. The van der Waals surface area contributed by atoms with Gasteiger partial charge >= 0.3 is 0 Å². The molecule has 0 spiro atoms. The average Bonchev–Trinajstić information content (AvgIpc) is 2.00. The van der Waals surface area contributed by atoms with Crippen molar-refractivity contribution < 1.29 is 9.84 Å². The van der Waals surface area contributed by atoms with Gasteiger partial charge in [-0.3, -0.25) is 0 Å². The highest BCUT2D eigenvalue weighted by atomic mass is 16.5. The quantitative estimate of drug-likeness (QED) is 0.643. The lowest BCUT2D eigenvalue weighted by Gasteiger charge is -2.16. The summed E-state index contributed by atoms with van der Waals surface area (Å²) in [6, 6.07) is 0. The van der Waals surface area contributed by atoms with Gasteiger partial charge in [0.15, 0.2) is 0 Å². The van der Waals surface area contributed by atoms with Crippen LogP contribution >= 0.6 is 0 Å². The highest BCUT2D eigenvalue weighted by molar-refractivity contribution is 4.53. The van der Waals surface area contributed by atoms with E-state index in [4.69, 9.17) is 9.84 Å². The summed E-state index contributed by atoms with van der Waals surface area (Å²) in [5, 5.41) is 8.68. The maximum atomic E-state index is 8.68. The molecular weight excluding hydrogens is 140 g/mol. The van der Waals surface area contributed by atoms with Crippen LogP contribution in [0.5, 0.6) is 0 Å². The molecule has 11 heavy (non-hydrogen) atoms. The largest absolute Gasteiger partial charge is 0.394 e. The van der Waals surface area contributed by atoms with Crippen LogP contribution in [0.2, 0.25) is 0 Å². The molecule has 0 saturated heterocycles. The molecule has 0 fully saturated rings. The average molecular weight is 160 g/mol. The maximum absolute atomic E-state index is 8.68. The van der Waals surface area contributed by atoms with Gasteiger partial charge in [-0.2, -0.15) is 0 Å². The van der Waals surface area contributed by atoms with Gasteiger partial charge in [0.05, 0.1) is 18.8 Å². The Morgan fingerprint density at radius 1 is 1.27 bits per heavy atom. The zero-order chi connectivity index (χ0) is 8.69. The molecule has 0 aliphatic carbocycles. The van der Waals surface area contributed by atoms with Crippen molar-refractivity contribution in [3.8, 4) is 0 Å². The fourth-order valence-corrected chi connectivity index (χ4v) is 0.999. The van der Waals surface area contributed by atoms with Crippen molar-refractivity contribution in [2.45, 2.75) is 52.2 Å².